The monoisotopic (exact) mass is 414 g/mol. The highest BCUT2D eigenvalue weighted by Crippen LogP contribution is 2.49. The molecule has 0 N–H and O–H groups in total. The molecule has 2 aromatic heterocycles. The average molecular weight is 415 g/mol. The number of hydrogen-bond donors (Lipinski definition) is 0. The molecule has 3 aromatic rings. The lowest BCUT2D eigenvalue weighted by molar-refractivity contribution is 0.403. The number of hydrogen-bond acceptors (Lipinski definition) is 7. The van der Waals surface area contributed by atoms with E-state index in [9.17, 15) is 13.7 Å². The fraction of sp³-hybridized carbons (Fsp3) is 0.421. The zero-order valence-corrected chi connectivity index (χ0v) is 17.1. The topological polar surface area (TPSA) is 97.3 Å². The van der Waals surface area contributed by atoms with Gasteiger partial charge in [0.05, 0.1) is 29.8 Å². The highest BCUT2D eigenvalue weighted by Gasteiger charge is 2.48. The Hall–Kier alpha value is -2.44. The molecule has 2 aliphatic carbocycles. The number of nitrogens with zero attached hydrogens (tertiary/aromatic N) is 4. The summed E-state index contributed by atoms with van der Waals surface area (Å²) in [5.74, 6) is 0.356. The van der Waals surface area contributed by atoms with E-state index in [4.69, 9.17) is 4.74 Å². The summed E-state index contributed by atoms with van der Waals surface area (Å²) in [6.45, 7) is 1.88. The van der Waals surface area contributed by atoms with Gasteiger partial charge in [-0.1, -0.05) is 11.3 Å². The fourth-order valence-electron chi connectivity index (χ4n) is 3.48. The van der Waals surface area contributed by atoms with Crippen LogP contribution in [0.25, 0.3) is 16.2 Å². The molecule has 0 saturated heterocycles. The fourth-order valence-corrected chi connectivity index (χ4v) is 6.46. The molecule has 0 amide bonds. The van der Waals surface area contributed by atoms with Crippen LogP contribution >= 0.6 is 11.3 Å². The van der Waals surface area contributed by atoms with Gasteiger partial charge in [0.2, 0.25) is 4.96 Å². The summed E-state index contributed by atoms with van der Waals surface area (Å²) in [6, 6.07) is 7.55. The second-order valence-corrected chi connectivity index (χ2v) is 10.6. The largest absolute Gasteiger partial charge is 0.495 e. The summed E-state index contributed by atoms with van der Waals surface area (Å²) in [5.41, 5.74) is 1.77. The standard InChI is InChI=1S/C19H18N4O3S2/c1-11-16(23-18(21-11)27-17(22-23)19(10-20)7-8-19)12-3-6-14(26-2)15(9-12)28(24,25)13-4-5-13/h3,6,9,13H,4-5,7-8H2,1-2H3. The highest BCUT2D eigenvalue weighted by molar-refractivity contribution is 7.92. The van der Waals surface area contributed by atoms with Gasteiger partial charge in [-0.15, -0.1) is 0 Å². The summed E-state index contributed by atoms with van der Waals surface area (Å²) >= 11 is 1.43. The molecule has 0 bridgehead atoms. The molecule has 0 aliphatic heterocycles. The third kappa shape index (κ3) is 2.48. The Labute approximate surface area is 166 Å². The molecule has 7 nitrogen and oxygen atoms in total. The Balaban J connectivity index is 1.68. The summed E-state index contributed by atoms with van der Waals surface area (Å²) in [5, 5.41) is 14.6. The molecule has 9 heteroatoms. The first-order valence-corrected chi connectivity index (χ1v) is 11.5. The minimum atomic E-state index is -3.42. The van der Waals surface area contributed by atoms with Crippen molar-refractivity contribution in [1.82, 2.24) is 14.6 Å². The smallest absolute Gasteiger partial charge is 0.213 e. The Morgan fingerprint density at radius 2 is 2.11 bits per heavy atom. The van der Waals surface area contributed by atoms with E-state index in [2.05, 4.69) is 16.2 Å². The maximum absolute atomic E-state index is 12.9. The molecule has 0 atom stereocenters. The molecule has 1 aromatic carbocycles. The molecule has 2 aliphatic rings. The molecule has 2 heterocycles. The molecule has 28 heavy (non-hydrogen) atoms. The van der Waals surface area contributed by atoms with Crippen LogP contribution in [0, 0.1) is 18.3 Å². The quantitative estimate of drug-likeness (QED) is 0.636. The normalized spacial score (nSPS) is 18.2. The molecule has 2 fully saturated rings. The minimum Gasteiger partial charge on any atom is -0.495 e. The van der Waals surface area contributed by atoms with E-state index < -0.39 is 15.3 Å². The second kappa shape index (κ2) is 5.78. The van der Waals surface area contributed by atoms with Gasteiger partial charge in [-0.05, 0) is 50.8 Å². The van der Waals surface area contributed by atoms with E-state index in [1.54, 1.807) is 16.6 Å². The van der Waals surface area contributed by atoms with Gasteiger partial charge in [-0.2, -0.15) is 10.4 Å². The van der Waals surface area contributed by atoms with Crippen LogP contribution in [0.15, 0.2) is 23.1 Å². The van der Waals surface area contributed by atoms with Crippen LogP contribution in [0.4, 0.5) is 0 Å². The van der Waals surface area contributed by atoms with Crippen molar-refractivity contribution in [1.29, 1.82) is 5.26 Å². The molecule has 2 saturated carbocycles. The molecular formula is C19H18N4O3S2. The van der Waals surface area contributed by atoms with Crippen molar-refractivity contribution in [2.45, 2.75) is 48.2 Å². The van der Waals surface area contributed by atoms with Crippen LogP contribution in [0.5, 0.6) is 5.75 Å². The average Bonchev–Trinajstić information content (AvgIpc) is 3.59. The number of imidazole rings is 1. The third-order valence-corrected chi connectivity index (χ3v) is 8.85. The summed E-state index contributed by atoms with van der Waals surface area (Å²) in [6.07, 6.45) is 3.02. The van der Waals surface area contributed by atoms with Gasteiger partial charge >= 0.3 is 0 Å². The SMILES string of the molecule is COc1ccc(-c2c(C)nc3sc(C4(C#N)CC4)nn23)cc1S(=O)(=O)C1CC1. The number of nitriles is 1. The Bertz CT molecular complexity index is 1260. The van der Waals surface area contributed by atoms with Crippen molar-refractivity contribution < 1.29 is 13.2 Å². The van der Waals surface area contributed by atoms with Gasteiger partial charge < -0.3 is 4.74 Å². The van der Waals surface area contributed by atoms with Crippen LogP contribution in [-0.2, 0) is 15.3 Å². The van der Waals surface area contributed by atoms with Crippen molar-refractivity contribution in [3.8, 4) is 23.1 Å². The van der Waals surface area contributed by atoms with E-state index in [-0.39, 0.29) is 10.1 Å². The van der Waals surface area contributed by atoms with E-state index in [1.807, 2.05) is 13.0 Å². The number of aryl methyl sites for hydroxylation is 1. The predicted molar refractivity (Wildman–Crippen MR) is 104 cm³/mol. The van der Waals surface area contributed by atoms with Gasteiger partial charge in [-0.25, -0.2) is 17.9 Å². The van der Waals surface area contributed by atoms with Crippen molar-refractivity contribution in [2.75, 3.05) is 7.11 Å². The number of fused-ring (bicyclic) bond motifs is 1. The second-order valence-electron chi connectivity index (χ2n) is 7.45. The molecular weight excluding hydrogens is 396 g/mol. The minimum absolute atomic E-state index is 0.218. The van der Waals surface area contributed by atoms with Crippen molar-refractivity contribution >= 4 is 26.1 Å². The van der Waals surface area contributed by atoms with Crippen molar-refractivity contribution in [3.63, 3.8) is 0 Å². The maximum atomic E-state index is 12.9. The van der Waals surface area contributed by atoms with Crippen LogP contribution in [-0.4, -0.2) is 35.4 Å². The van der Waals surface area contributed by atoms with Gasteiger partial charge in [0.1, 0.15) is 21.1 Å². The maximum Gasteiger partial charge on any atom is 0.213 e. The molecule has 144 valence electrons. The molecule has 5 rings (SSSR count). The predicted octanol–water partition coefficient (Wildman–Crippen LogP) is 3.27. The van der Waals surface area contributed by atoms with Crippen LogP contribution in [0.1, 0.15) is 36.4 Å². The molecule has 0 radical (unpaired) electrons. The first-order valence-electron chi connectivity index (χ1n) is 9.10. The van der Waals surface area contributed by atoms with Crippen molar-refractivity contribution in [2.24, 2.45) is 0 Å². The van der Waals surface area contributed by atoms with E-state index in [0.29, 0.717) is 23.6 Å². The van der Waals surface area contributed by atoms with Crippen LogP contribution in [0.3, 0.4) is 0 Å². The highest BCUT2D eigenvalue weighted by atomic mass is 32.2. The number of aromatic nitrogens is 3. The molecule has 0 unspecified atom stereocenters. The van der Waals surface area contributed by atoms with Gasteiger partial charge in [0, 0.05) is 5.56 Å². The van der Waals surface area contributed by atoms with E-state index >= 15 is 0 Å². The lowest BCUT2D eigenvalue weighted by atomic mass is 10.1. The lowest BCUT2D eigenvalue weighted by Gasteiger charge is -2.11. The summed E-state index contributed by atoms with van der Waals surface area (Å²) in [4.78, 5) is 5.53. The van der Waals surface area contributed by atoms with Crippen molar-refractivity contribution in [3.05, 3.63) is 28.9 Å². The Kier molecular flexibility index (Phi) is 3.64. The van der Waals surface area contributed by atoms with Crippen LogP contribution < -0.4 is 4.74 Å². The number of benzene rings is 1. The molecule has 0 spiro atoms. The zero-order valence-electron chi connectivity index (χ0n) is 15.5. The lowest BCUT2D eigenvalue weighted by Crippen LogP contribution is -2.09. The summed E-state index contributed by atoms with van der Waals surface area (Å²) in [7, 11) is -1.94. The first-order chi connectivity index (χ1) is 13.4. The van der Waals surface area contributed by atoms with Gasteiger partial charge in [-0.3, -0.25) is 0 Å². The Morgan fingerprint density at radius 1 is 1.36 bits per heavy atom. The Morgan fingerprint density at radius 3 is 2.71 bits per heavy atom. The summed E-state index contributed by atoms with van der Waals surface area (Å²) < 4.78 is 32.8. The number of ether oxygens (including phenoxy) is 1. The number of methoxy groups -OCH3 is 1. The third-order valence-electron chi connectivity index (χ3n) is 5.46. The van der Waals surface area contributed by atoms with E-state index in [1.165, 1.54) is 18.4 Å². The number of rotatable bonds is 5. The number of sulfone groups is 1. The van der Waals surface area contributed by atoms with E-state index in [0.717, 1.165) is 34.8 Å². The van der Waals surface area contributed by atoms with Gasteiger partial charge in [0.25, 0.3) is 0 Å². The van der Waals surface area contributed by atoms with Crippen LogP contribution in [0.2, 0.25) is 0 Å². The van der Waals surface area contributed by atoms with Gasteiger partial charge in [0.15, 0.2) is 9.84 Å². The first kappa shape index (κ1) is 17.6. The zero-order chi connectivity index (χ0) is 19.7.